The van der Waals surface area contributed by atoms with Gasteiger partial charge in [0, 0.05) is 0 Å². The number of para-hydroxylation sites is 1. The van der Waals surface area contributed by atoms with Crippen molar-refractivity contribution in [2.24, 2.45) is 0 Å². The molecule has 22 heavy (non-hydrogen) atoms. The summed E-state index contributed by atoms with van der Waals surface area (Å²) in [6, 6.07) is 14.7. The number of rotatable bonds is 5. The zero-order valence-corrected chi connectivity index (χ0v) is 13.6. The van der Waals surface area contributed by atoms with E-state index >= 15 is 0 Å². The number of methoxy groups -OCH3 is 1. The van der Waals surface area contributed by atoms with Crippen molar-refractivity contribution in [3.05, 3.63) is 59.7 Å². The molecule has 0 radical (unpaired) electrons. The topological polar surface area (TPSA) is 35.5 Å². The van der Waals surface area contributed by atoms with Crippen molar-refractivity contribution in [1.29, 1.82) is 0 Å². The standard InChI is InChI=1S/C19H22O3/c1-5-19(2,3)14-10-12-15(13-11-14)22-18(20)16-8-6-7-9-17(16)21-4/h6-13H,5H2,1-4H3. The van der Waals surface area contributed by atoms with Crippen molar-refractivity contribution in [2.45, 2.75) is 32.6 Å². The van der Waals surface area contributed by atoms with Crippen LogP contribution in [0, 0.1) is 0 Å². The van der Waals surface area contributed by atoms with Gasteiger partial charge in [0.25, 0.3) is 0 Å². The van der Waals surface area contributed by atoms with E-state index in [9.17, 15) is 4.79 Å². The maximum Gasteiger partial charge on any atom is 0.347 e. The van der Waals surface area contributed by atoms with Crippen LogP contribution in [-0.2, 0) is 5.41 Å². The minimum atomic E-state index is -0.417. The third kappa shape index (κ3) is 3.48. The van der Waals surface area contributed by atoms with Gasteiger partial charge in [-0.05, 0) is 41.7 Å². The summed E-state index contributed by atoms with van der Waals surface area (Å²) in [5.41, 5.74) is 1.76. The normalized spacial score (nSPS) is 11.1. The summed E-state index contributed by atoms with van der Waals surface area (Å²) >= 11 is 0. The Bertz CT molecular complexity index is 642. The predicted octanol–water partition coefficient (Wildman–Crippen LogP) is 4.60. The third-order valence-corrected chi connectivity index (χ3v) is 4.06. The van der Waals surface area contributed by atoms with E-state index < -0.39 is 5.97 Å². The smallest absolute Gasteiger partial charge is 0.347 e. The first-order chi connectivity index (χ1) is 10.5. The summed E-state index contributed by atoms with van der Waals surface area (Å²) in [6.07, 6.45) is 1.05. The Kier molecular flexibility index (Phi) is 4.86. The Morgan fingerprint density at radius 2 is 1.68 bits per heavy atom. The average molecular weight is 298 g/mol. The Morgan fingerprint density at radius 1 is 1.05 bits per heavy atom. The van der Waals surface area contributed by atoms with Crippen molar-refractivity contribution in [2.75, 3.05) is 7.11 Å². The van der Waals surface area contributed by atoms with Crippen LogP contribution in [0.15, 0.2) is 48.5 Å². The number of carbonyl (C=O) groups is 1. The average Bonchev–Trinajstić information content (AvgIpc) is 2.55. The highest BCUT2D eigenvalue weighted by atomic mass is 16.5. The van der Waals surface area contributed by atoms with Crippen molar-refractivity contribution in [1.82, 2.24) is 0 Å². The second kappa shape index (κ2) is 6.65. The molecule has 0 fully saturated rings. The van der Waals surface area contributed by atoms with Crippen LogP contribution in [-0.4, -0.2) is 13.1 Å². The van der Waals surface area contributed by atoms with Crippen LogP contribution in [0.2, 0.25) is 0 Å². The second-order valence-electron chi connectivity index (χ2n) is 5.85. The lowest BCUT2D eigenvalue weighted by Crippen LogP contribution is -2.15. The number of esters is 1. The molecule has 0 aromatic heterocycles. The van der Waals surface area contributed by atoms with Crippen LogP contribution >= 0.6 is 0 Å². The SMILES string of the molecule is CCC(C)(C)c1ccc(OC(=O)c2ccccc2OC)cc1. The minimum absolute atomic E-state index is 0.116. The van der Waals surface area contributed by atoms with Gasteiger partial charge in [0.1, 0.15) is 17.1 Å². The van der Waals surface area contributed by atoms with Crippen LogP contribution in [0.1, 0.15) is 43.1 Å². The summed E-state index contributed by atoms with van der Waals surface area (Å²) in [6.45, 7) is 6.56. The lowest BCUT2D eigenvalue weighted by Gasteiger charge is -2.23. The van der Waals surface area contributed by atoms with Crippen LogP contribution in [0.4, 0.5) is 0 Å². The van der Waals surface area contributed by atoms with Gasteiger partial charge in [-0.2, -0.15) is 0 Å². The van der Waals surface area contributed by atoms with Gasteiger partial charge in [0.2, 0.25) is 0 Å². The molecular formula is C19H22O3. The van der Waals surface area contributed by atoms with Gasteiger partial charge in [0.05, 0.1) is 7.11 Å². The van der Waals surface area contributed by atoms with E-state index in [0.29, 0.717) is 17.1 Å². The molecule has 0 aliphatic heterocycles. The molecule has 2 aromatic carbocycles. The molecule has 0 unspecified atom stereocenters. The summed E-state index contributed by atoms with van der Waals surface area (Å²) < 4.78 is 10.6. The van der Waals surface area contributed by atoms with E-state index in [1.165, 1.54) is 12.7 Å². The molecule has 0 aliphatic rings. The van der Waals surface area contributed by atoms with Gasteiger partial charge in [0.15, 0.2) is 0 Å². The molecule has 2 aromatic rings. The number of hydrogen-bond acceptors (Lipinski definition) is 3. The highest BCUT2D eigenvalue weighted by molar-refractivity contribution is 5.93. The van der Waals surface area contributed by atoms with Crippen LogP contribution < -0.4 is 9.47 Å². The first-order valence-corrected chi connectivity index (χ1v) is 7.43. The highest BCUT2D eigenvalue weighted by Gasteiger charge is 2.18. The van der Waals surface area contributed by atoms with E-state index in [1.54, 1.807) is 18.2 Å². The van der Waals surface area contributed by atoms with E-state index in [4.69, 9.17) is 9.47 Å². The number of hydrogen-bond donors (Lipinski definition) is 0. The van der Waals surface area contributed by atoms with Gasteiger partial charge in [-0.25, -0.2) is 4.79 Å². The first kappa shape index (κ1) is 16.1. The first-order valence-electron chi connectivity index (χ1n) is 7.43. The lowest BCUT2D eigenvalue weighted by atomic mass is 9.82. The van der Waals surface area contributed by atoms with Gasteiger partial charge < -0.3 is 9.47 Å². The summed E-state index contributed by atoms with van der Waals surface area (Å²) in [4.78, 5) is 12.2. The van der Waals surface area contributed by atoms with E-state index in [1.807, 2.05) is 30.3 Å². The number of carbonyl (C=O) groups excluding carboxylic acids is 1. The van der Waals surface area contributed by atoms with Crippen molar-refractivity contribution in [3.8, 4) is 11.5 Å². The number of benzene rings is 2. The van der Waals surface area contributed by atoms with E-state index in [-0.39, 0.29) is 5.41 Å². The Morgan fingerprint density at radius 3 is 2.27 bits per heavy atom. The number of ether oxygens (including phenoxy) is 2. The van der Waals surface area contributed by atoms with Gasteiger partial charge in [-0.15, -0.1) is 0 Å². The molecule has 0 N–H and O–H groups in total. The Hall–Kier alpha value is -2.29. The summed E-state index contributed by atoms with van der Waals surface area (Å²) in [7, 11) is 1.54. The molecule has 2 rings (SSSR count). The minimum Gasteiger partial charge on any atom is -0.496 e. The molecule has 3 nitrogen and oxygen atoms in total. The van der Waals surface area contributed by atoms with Crippen molar-refractivity contribution < 1.29 is 14.3 Å². The van der Waals surface area contributed by atoms with Crippen molar-refractivity contribution >= 4 is 5.97 Å². The second-order valence-corrected chi connectivity index (χ2v) is 5.85. The molecule has 0 saturated carbocycles. The van der Waals surface area contributed by atoms with Gasteiger partial charge >= 0.3 is 5.97 Å². The molecular weight excluding hydrogens is 276 g/mol. The maximum atomic E-state index is 12.2. The molecule has 3 heteroatoms. The Labute approximate surface area is 131 Å². The Balaban J connectivity index is 2.16. The molecule has 0 atom stereocenters. The maximum absolute atomic E-state index is 12.2. The zero-order chi connectivity index (χ0) is 16.2. The lowest BCUT2D eigenvalue weighted by molar-refractivity contribution is 0.0731. The summed E-state index contributed by atoms with van der Waals surface area (Å²) in [5, 5.41) is 0. The third-order valence-electron chi connectivity index (χ3n) is 4.06. The molecule has 0 saturated heterocycles. The van der Waals surface area contributed by atoms with Crippen molar-refractivity contribution in [3.63, 3.8) is 0 Å². The van der Waals surface area contributed by atoms with Gasteiger partial charge in [-0.1, -0.05) is 45.0 Å². The molecule has 0 heterocycles. The van der Waals surface area contributed by atoms with Gasteiger partial charge in [-0.3, -0.25) is 0 Å². The molecule has 116 valence electrons. The fraction of sp³-hybridized carbons (Fsp3) is 0.316. The molecule has 0 spiro atoms. The zero-order valence-electron chi connectivity index (χ0n) is 13.6. The molecule has 0 amide bonds. The largest absolute Gasteiger partial charge is 0.496 e. The fourth-order valence-corrected chi connectivity index (χ4v) is 2.15. The monoisotopic (exact) mass is 298 g/mol. The quantitative estimate of drug-likeness (QED) is 0.597. The summed E-state index contributed by atoms with van der Waals surface area (Å²) in [5.74, 6) is 0.628. The van der Waals surface area contributed by atoms with E-state index in [0.717, 1.165) is 6.42 Å². The van der Waals surface area contributed by atoms with Crippen LogP contribution in [0.5, 0.6) is 11.5 Å². The predicted molar refractivity (Wildman–Crippen MR) is 87.7 cm³/mol. The van der Waals surface area contributed by atoms with Crippen LogP contribution in [0.25, 0.3) is 0 Å². The fourth-order valence-electron chi connectivity index (χ4n) is 2.15. The molecule has 0 aliphatic carbocycles. The highest BCUT2D eigenvalue weighted by Crippen LogP contribution is 2.28. The molecule has 0 bridgehead atoms. The van der Waals surface area contributed by atoms with E-state index in [2.05, 4.69) is 20.8 Å². The van der Waals surface area contributed by atoms with Crippen LogP contribution in [0.3, 0.4) is 0 Å².